The molecule has 1 aromatic carbocycles. The van der Waals surface area contributed by atoms with Crippen LogP contribution in [0.1, 0.15) is 51.5 Å². The topological polar surface area (TPSA) is 18.5 Å². The molecule has 0 saturated carbocycles. The maximum atomic E-state index is 14.1. The standard InChI is InChI=1S/C18H25FO2/c1-3-5-6-7-15-9-8-14(13-21-15)17-11-10-16(20-4-2)12-18(17)19/h8,10-12,15H,3-7,9,13H2,1-2H3. The summed E-state index contributed by atoms with van der Waals surface area (Å²) in [5.74, 6) is 0.341. The van der Waals surface area contributed by atoms with Crippen LogP contribution in [0, 0.1) is 5.82 Å². The van der Waals surface area contributed by atoms with Crippen molar-refractivity contribution in [2.75, 3.05) is 13.2 Å². The number of hydrogen-bond acceptors (Lipinski definition) is 2. The van der Waals surface area contributed by atoms with Gasteiger partial charge in [-0.15, -0.1) is 0 Å². The van der Waals surface area contributed by atoms with Crippen LogP contribution in [0.15, 0.2) is 24.3 Å². The van der Waals surface area contributed by atoms with Crippen molar-refractivity contribution in [3.8, 4) is 5.75 Å². The van der Waals surface area contributed by atoms with E-state index >= 15 is 0 Å². The fourth-order valence-corrected chi connectivity index (χ4v) is 2.63. The summed E-state index contributed by atoms with van der Waals surface area (Å²) in [6, 6.07) is 5.05. The second kappa shape index (κ2) is 8.18. The number of unbranched alkanes of at least 4 members (excludes halogenated alkanes) is 2. The van der Waals surface area contributed by atoms with Crippen LogP contribution >= 0.6 is 0 Å². The predicted molar refractivity (Wildman–Crippen MR) is 84.0 cm³/mol. The average Bonchev–Trinajstić information content (AvgIpc) is 2.49. The molecule has 0 N–H and O–H groups in total. The summed E-state index contributed by atoms with van der Waals surface area (Å²) >= 11 is 0. The second-order valence-corrected chi connectivity index (χ2v) is 5.47. The van der Waals surface area contributed by atoms with E-state index < -0.39 is 0 Å². The third-order valence-corrected chi connectivity index (χ3v) is 3.83. The van der Waals surface area contributed by atoms with E-state index in [0.717, 1.165) is 18.4 Å². The molecule has 0 spiro atoms. The van der Waals surface area contributed by atoms with Gasteiger partial charge in [0.15, 0.2) is 0 Å². The average molecular weight is 292 g/mol. The molecule has 1 unspecified atom stereocenters. The SMILES string of the molecule is CCCCCC1CC=C(c2ccc(OCC)cc2F)CO1. The molecule has 1 aromatic rings. The Labute approximate surface area is 127 Å². The molecule has 0 amide bonds. The summed E-state index contributed by atoms with van der Waals surface area (Å²) in [7, 11) is 0. The smallest absolute Gasteiger partial charge is 0.134 e. The van der Waals surface area contributed by atoms with E-state index in [1.807, 2.05) is 13.0 Å². The summed E-state index contributed by atoms with van der Waals surface area (Å²) in [6.45, 7) is 5.14. The zero-order chi connectivity index (χ0) is 15.1. The molecule has 0 radical (unpaired) electrons. The molecule has 21 heavy (non-hydrogen) atoms. The largest absolute Gasteiger partial charge is 0.494 e. The normalized spacial score (nSPS) is 18.4. The van der Waals surface area contributed by atoms with Crippen molar-refractivity contribution in [3.63, 3.8) is 0 Å². The summed E-state index contributed by atoms with van der Waals surface area (Å²) in [5.41, 5.74) is 1.58. The summed E-state index contributed by atoms with van der Waals surface area (Å²) in [4.78, 5) is 0. The Balaban J connectivity index is 1.97. The molecule has 116 valence electrons. The van der Waals surface area contributed by atoms with E-state index in [1.165, 1.54) is 25.3 Å². The summed E-state index contributed by atoms with van der Waals surface area (Å²) in [5, 5.41) is 0. The molecule has 1 aliphatic heterocycles. The highest BCUT2D eigenvalue weighted by molar-refractivity contribution is 5.68. The number of rotatable bonds is 7. The number of halogens is 1. The van der Waals surface area contributed by atoms with E-state index in [1.54, 1.807) is 6.07 Å². The third kappa shape index (κ3) is 4.57. The third-order valence-electron chi connectivity index (χ3n) is 3.83. The Morgan fingerprint density at radius 1 is 1.29 bits per heavy atom. The van der Waals surface area contributed by atoms with Crippen LogP contribution in [-0.4, -0.2) is 19.3 Å². The lowest BCUT2D eigenvalue weighted by molar-refractivity contribution is 0.0645. The molecule has 2 rings (SSSR count). The lowest BCUT2D eigenvalue weighted by Crippen LogP contribution is -2.18. The molecule has 0 saturated heterocycles. The molecule has 0 fully saturated rings. The summed E-state index contributed by atoms with van der Waals surface area (Å²) in [6.07, 6.45) is 8.09. The first-order valence-corrected chi connectivity index (χ1v) is 7.98. The van der Waals surface area contributed by atoms with Gasteiger partial charge in [0.1, 0.15) is 11.6 Å². The maximum absolute atomic E-state index is 14.1. The van der Waals surface area contributed by atoms with Gasteiger partial charge in [0.2, 0.25) is 0 Å². The minimum atomic E-state index is -0.236. The second-order valence-electron chi connectivity index (χ2n) is 5.47. The van der Waals surface area contributed by atoms with Crippen molar-refractivity contribution in [1.82, 2.24) is 0 Å². The van der Waals surface area contributed by atoms with Gasteiger partial charge in [-0.3, -0.25) is 0 Å². The fourth-order valence-electron chi connectivity index (χ4n) is 2.63. The van der Waals surface area contributed by atoms with Crippen molar-refractivity contribution >= 4 is 5.57 Å². The van der Waals surface area contributed by atoms with Gasteiger partial charge < -0.3 is 9.47 Å². The molecule has 1 heterocycles. The van der Waals surface area contributed by atoms with Crippen LogP contribution in [0.2, 0.25) is 0 Å². The van der Waals surface area contributed by atoms with E-state index in [2.05, 4.69) is 13.0 Å². The van der Waals surface area contributed by atoms with Gasteiger partial charge in [0.05, 0.1) is 19.3 Å². The highest BCUT2D eigenvalue weighted by Crippen LogP contribution is 2.28. The van der Waals surface area contributed by atoms with Gasteiger partial charge in [-0.25, -0.2) is 4.39 Å². The van der Waals surface area contributed by atoms with E-state index in [-0.39, 0.29) is 5.82 Å². The Kier molecular flexibility index (Phi) is 6.24. The molecule has 0 bridgehead atoms. The Hall–Kier alpha value is -1.35. The van der Waals surface area contributed by atoms with Gasteiger partial charge in [-0.05, 0) is 37.5 Å². The maximum Gasteiger partial charge on any atom is 0.134 e. The van der Waals surface area contributed by atoms with Gasteiger partial charge in [0.25, 0.3) is 0 Å². The fraction of sp³-hybridized carbons (Fsp3) is 0.556. The molecule has 3 heteroatoms. The molecular formula is C18H25FO2. The highest BCUT2D eigenvalue weighted by Gasteiger charge is 2.17. The van der Waals surface area contributed by atoms with Gasteiger partial charge in [-0.1, -0.05) is 32.3 Å². The zero-order valence-electron chi connectivity index (χ0n) is 13.0. The van der Waals surface area contributed by atoms with Crippen LogP contribution in [0.25, 0.3) is 5.57 Å². The Morgan fingerprint density at radius 3 is 2.76 bits per heavy atom. The first-order chi connectivity index (χ1) is 10.2. The van der Waals surface area contributed by atoms with Crippen LogP contribution in [0.5, 0.6) is 5.75 Å². The van der Waals surface area contributed by atoms with Gasteiger partial charge >= 0.3 is 0 Å². The van der Waals surface area contributed by atoms with Crippen molar-refractivity contribution in [3.05, 3.63) is 35.7 Å². The Morgan fingerprint density at radius 2 is 2.14 bits per heavy atom. The molecule has 1 aliphatic rings. The van der Waals surface area contributed by atoms with Gasteiger partial charge in [-0.2, -0.15) is 0 Å². The minimum Gasteiger partial charge on any atom is -0.494 e. The monoisotopic (exact) mass is 292 g/mol. The first kappa shape index (κ1) is 16.0. The quantitative estimate of drug-likeness (QED) is 0.660. The van der Waals surface area contributed by atoms with Crippen LogP contribution in [0.4, 0.5) is 4.39 Å². The molecule has 1 atom stereocenters. The number of hydrogen-bond donors (Lipinski definition) is 0. The lowest BCUT2D eigenvalue weighted by Gasteiger charge is -2.23. The summed E-state index contributed by atoms with van der Waals surface area (Å²) < 4.78 is 25.3. The van der Waals surface area contributed by atoms with E-state index in [4.69, 9.17) is 9.47 Å². The van der Waals surface area contributed by atoms with E-state index in [9.17, 15) is 4.39 Å². The van der Waals surface area contributed by atoms with Crippen molar-refractivity contribution in [2.24, 2.45) is 0 Å². The molecular weight excluding hydrogens is 267 g/mol. The van der Waals surface area contributed by atoms with Crippen molar-refractivity contribution in [1.29, 1.82) is 0 Å². The highest BCUT2D eigenvalue weighted by atomic mass is 19.1. The number of ether oxygens (including phenoxy) is 2. The Bertz CT molecular complexity index is 482. The molecule has 0 aliphatic carbocycles. The number of benzene rings is 1. The first-order valence-electron chi connectivity index (χ1n) is 7.98. The van der Waals surface area contributed by atoms with Crippen LogP contribution in [0.3, 0.4) is 0 Å². The minimum absolute atomic E-state index is 0.236. The molecule has 2 nitrogen and oxygen atoms in total. The lowest BCUT2D eigenvalue weighted by atomic mass is 9.99. The van der Waals surface area contributed by atoms with Crippen LogP contribution < -0.4 is 4.74 Å². The van der Waals surface area contributed by atoms with Gasteiger partial charge in [0, 0.05) is 11.6 Å². The van der Waals surface area contributed by atoms with E-state index in [0.29, 0.717) is 30.6 Å². The zero-order valence-corrected chi connectivity index (χ0v) is 13.0. The molecule has 0 aromatic heterocycles. The van der Waals surface area contributed by atoms with Crippen molar-refractivity contribution < 1.29 is 13.9 Å². The van der Waals surface area contributed by atoms with Crippen LogP contribution in [-0.2, 0) is 4.74 Å². The predicted octanol–water partition coefficient (Wildman–Crippen LogP) is 4.98. The van der Waals surface area contributed by atoms with Crippen molar-refractivity contribution in [2.45, 2.75) is 52.1 Å².